The molecule has 1 aromatic carbocycles. The molecule has 0 radical (unpaired) electrons. The van der Waals surface area contributed by atoms with Crippen LogP contribution >= 0.6 is 15.9 Å². The topological polar surface area (TPSA) is 12.0 Å². The molecule has 0 saturated heterocycles. The predicted molar refractivity (Wildman–Crippen MR) is 74.0 cm³/mol. The number of anilines is 1. The van der Waals surface area contributed by atoms with Crippen molar-refractivity contribution in [2.45, 2.75) is 46.1 Å². The largest absolute Gasteiger partial charge is 0.382 e. The second-order valence-corrected chi connectivity index (χ2v) is 6.09. The first-order valence-electron chi connectivity index (χ1n) is 6.09. The fourth-order valence-electron chi connectivity index (χ4n) is 2.68. The summed E-state index contributed by atoms with van der Waals surface area (Å²) in [6, 6.07) is 5.05. The first kappa shape index (κ1) is 12.0. The van der Waals surface area contributed by atoms with E-state index in [2.05, 4.69) is 54.2 Å². The SMILES string of the molecule is Cc1cc(Br)cc(C)c1NC1CCC(C)C1. The highest BCUT2D eigenvalue weighted by molar-refractivity contribution is 9.10. The van der Waals surface area contributed by atoms with Gasteiger partial charge in [-0.05, 0) is 62.3 Å². The third-order valence-corrected chi connectivity index (χ3v) is 4.00. The van der Waals surface area contributed by atoms with Crippen LogP contribution in [-0.2, 0) is 0 Å². The van der Waals surface area contributed by atoms with Crippen molar-refractivity contribution in [1.29, 1.82) is 0 Å². The molecule has 1 fully saturated rings. The summed E-state index contributed by atoms with van der Waals surface area (Å²) in [5.74, 6) is 0.883. The molecule has 16 heavy (non-hydrogen) atoms. The van der Waals surface area contributed by atoms with Crippen LogP contribution in [0.3, 0.4) is 0 Å². The normalized spacial score (nSPS) is 24.8. The first-order chi connectivity index (χ1) is 7.56. The van der Waals surface area contributed by atoms with E-state index in [1.807, 2.05) is 0 Å². The molecule has 0 aliphatic heterocycles. The number of hydrogen-bond acceptors (Lipinski definition) is 1. The molecule has 0 bridgehead atoms. The third kappa shape index (κ3) is 2.60. The van der Waals surface area contributed by atoms with E-state index in [9.17, 15) is 0 Å². The summed E-state index contributed by atoms with van der Waals surface area (Å²) in [4.78, 5) is 0. The van der Waals surface area contributed by atoms with Gasteiger partial charge in [0, 0.05) is 16.2 Å². The zero-order chi connectivity index (χ0) is 11.7. The Labute approximate surface area is 107 Å². The van der Waals surface area contributed by atoms with Crippen LogP contribution in [0, 0.1) is 19.8 Å². The van der Waals surface area contributed by atoms with Gasteiger partial charge in [0.2, 0.25) is 0 Å². The molecule has 1 aromatic rings. The lowest BCUT2D eigenvalue weighted by molar-refractivity contribution is 0.602. The van der Waals surface area contributed by atoms with Crippen LogP contribution in [0.25, 0.3) is 0 Å². The Balaban J connectivity index is 2.15. The molecule has 1 aliphatic carbocycles. The molecule has 0 spiro atoms. The highest BCUT2D eigenvalue weighted by Crippen LogP contribution is 2.31. The molecule has 2 unspecified atom stereocenters. The van der Waals surface area contributed by atoms with E-state index in [0.717, 1.165) is 5.92 Å². The molecular weight excluding hydrogens is 262 g/mol. The van der Waals surface area contributed by atoms with E-state index >= 15 is 0 Å². The van der Waals surface area contributed by atoms with Gasteiger partial charge in [-0.2, -0.15) is 0 Å². The molecule has 1 nitrogen and oxygen atoms in total. The van der Waals surface area contributed by atoms with Gasteiger partial charge < -0.3 is 5.32 Å². The molecule has 88 valence electrons. The van der Waals surface area contributed by atoms with E-state index in [1.54, 1.807) is 0 Å². The lowest BCUT2D eigenvalue weighted by Gasteiger charge is -2.18. The Morgan fingerprint density at radius 2 is 1.81 bits per heavy atom. The minimum absolute atomic E-state index is 0.675. The minimum Gasteiger partial charge on any atom is -0.382 e. The summed E-state index contributed by atoms with van der Waals surface area (Å²) < 4.78 is 1.17. The van der Waals surface area contributed by atoms with Crippen molar-refractivity contribution in [2.24, 2.45) is 5.92 Å². The van der Waals surface area contributed by atoms with E-state index in [1.165, 1.54) is 40.5 Å². The molecular formula is C14H20BrN. The van der Waals surface area contributed by atoms with Crippen LogP contribution in [0.4, 0.5) is 5.69 Å². The fraction of sp³-hybridized carbons (Fsp3) is 0.571. The highest BCUT2D eigenvalue weighted by atomic mass is 79.9. The standard InChI is InChI=1S/C14H20BrN/c1-9-4-5-13(6-9)16-14-10(2)7-12(15)8-11(14)3/h7-9,13,16H,4-6H2,1-3H3. The predicted octanol–water partition coefficient (Wildman–Crippen LogP) is 4.67. The third-order valence-electron chi connectivity index (χ3n) is 3.54. The summed E-state index contributed by atoms with van der Waals surface area (Å²) in [7, 11) is 0. The van der Waals surface area contributed by atoms with Gasteiger partial charge in [0.25, 0.3) is 0 Å². The number of benzene rings is 1. The van der Waals surface area contributed by atoms with Crippen LogP contribution in [0.2, 0.25) is 0 Å². The molecule has 1 saturated carbocycles. The van der Waals surface area contributed by atoms with E-state index < -0.39 is 0 Å². The van der Waals surface area contributed by atoms with Gasteiger partial charge in [-0.1, -0.05) is 22.9 Å². The minimum atomic E-state index is 0.675. The summed E-state index contributed by atoms with van der Waals surface area (Å²) in [6.45, 7) is 6.71. The zero-order valence-corrected chi connectivity index (χ0v) is 11.9. The van der Waals surface area contributed by atoms with Gasteiger partial charge in [-0.3, -0.25) is 0 Å². The molecule has 2 atom stereocenters. The number of aryl methyl sites for hydroxylation is 2. The Hall–Kier alpha value is -0.500. The van der Waals surface area contributed by atoms with E-state index in [-0.39, 0.29) is 0 Å². The average molecular weight is 282 g/mol. The highest BCUT2D eigenvalue weighted by Gasteiger charge is 2.21. The smallest absolute Gasteiger partial charge is 0.0402 e. The average Bonchev–Trinajstić information content (AvgIpc) is 2.58. The number of nitrogens with one attached hydrogen (secondary N) is 1. The molecule has 0 amide bonds. The van der Waals surface area contributed by atoms with Crippen LogP contribution in [0.5, 0.6) is 0 Å². The van der Waals surface area contributed by atoms with Crippen molar-refractivity contribution in [2.75, 3.05) is 5.32 Å². The Kier molecular flexibility index (Phi) is 3.58. The molecule has 1 N–H and O–H groups in total. The van der Waals surface area contributed by atoms with Crippen molar-refractivity contribution in [3.63, 3.8) is 0 Å². The first-order valence-corrected chi connectivity index (χ1v) is 6.89. The molecule has 2 heteroatoms. The van der Waals surface area contributed by atoms with Crippen molar-refractivity contribution in [3.05, 3.63) is 27.7 Å². The van der Waals surface area contributed by atoms with Gasteiger partial charge in [-0.15, -0.1) is 0 Å². The van der Waals surface area contributed by atoms with Crippen molar-refractivity contribution < 1.29 is 0 Å². The summed E-state index contributed by atoms with van der Waals surface area (Å²) in [6.07, 6.45) is 4.00. The van der Waals surface area contributed by atoms with Gasteiger partial charge in [0.05, 0.1) is 0 Å². The van der Waals surface area contributed by atoms with Crippen LogP contribution in [-0.4, -0.2) is 6.04 Å². The number of halogens is 1. The molecule has 2 rings (SSSR count). The maximum absolute atomic E-state index is 3.71. The van der Waals surface area contributed by atoms with Gasteiger partial charge >= 0.3 is 0 Å². The summed E-state index contributed by atoms with van der Waals surface area (Å²) in [5, 5.41) is 3.71. The lowest BCUT2D eigenvalue weighted by atomic mass is 10.1. The Bertz CT molecular complexity index is 363. The van der Waals surface area contributed by atoms with Crippen LogP contribution < -0.4 is 5.32 Å². The van der Waals surface area contributed by atoms with Crippen LogP contribution in [0.15, 0.2) is 16.6 Å². The quantitative estimate of drug-likeness (QED) is 0.831. The summed E-state index contributed by atoms with van der Waals surface area (Å²) in [5.41, 5.74) is 4.01. The second-order valence-electron chi connectivity index (χ2n) is 5.17. The van der Waals surface area contributed by atoms with Crippen LogP contribution in [0.1, 0.15) is 37.3 Å². The number of rotatable bonds is 2. The van der Waals surface area contributed by atoms with Gasteiger partial charge in [0.1, 0.15) is 0 Å². The Morgan fingerprint density at radius 1 is 1.19 bits per heavy atom. The van der Waals surface area contributed by atoms with Crippen molar-refractivity contribution >= 4 is 21.6 Å². The van der Waals surface area contributed by atoms with E-state index in [0.29, 0.717) is 6.04 Å². The molecule has 0 aromatic heterocycles. The second kappa shape index (κ2) is 4.79. The molecule has 0 heterocycles. The maximum atomic E-state index is 3.71. The molecule has 1 aliphatic rings. The van der Waals surface area contributed by atoms with Crippen molar-refractivity contribution in [1.82, 2.24) is 0 Å². The monoisotopic (exact) mass is 281 g/mol. The van der Waals surface area contributed by atoms with Gasteiger partial charge in [-0.25, -0.2) is 0 Å². The fourth-order valence-corrected chi connectivity index (χ4v) is 3.37. The number of hydrogen-bond donors (Lipinski definition) is 1. The summed E-state index contributed by atoms with van der Waals surface area (Å²) >= 11 is 3.54. The van der Waals surface area contributed by atoms with Crippen molar-refractivity contribution in [3.8, 4) is 0 Å². The maximum Gasteiger partial charge on any atom is 0.0402 e. The zero-order valence-electron chi connectivity index (χ0n) is 10.3. The van der Waals surface area contributed by atoms with E-state index in [4.69, 9.17) is 0 Å². The lowest BCUT2D eigenvalue weighted by Crippen LogP contribution is -2.16. The Morgan fingerprint density at radius 3 is 2.31 bits per heavy atom. The van der Waals surface area contributed by atoms with Gasteiger partial charge in [0.15, 0.2) is 0 Å².